The van der Waals surface area contributed by atoms with E-state index < -0.39 is 34.6 Å². The molecule has 2 rings (SSSR count). The normalized spacial score (nSPS) is 24.5. The number of carbonyl (C=O) groups is 1. The molecule has 1 aliphatic heterocycles. The van der Waals surface area contributed by atoms with Crippen molar-refractivity contribution in [2.45, 2.75) is 44.1 Å². The van der Waals surface area contributed by atoms with E-state index in [0.29, 0.717) is 12.2 Å². The summed E-state index contributed by atoms with van der Waals surface area (Å²) in [4.78, 5) is 12.1. The number of aliphatic hydroxyl groups excluding tert-OH is 1. The quantitative estimate of drug-likeness (QED) is 0.865. The molecule has 2 N–H and O–H groups in total. The van der Waals surface area contributed by atoms with Gasteiger partial charge in [0.15, 0.2) is 0 Å². The molecule has 134 valence electrons. The van der Waals surface area contributed by atoms with Gasteiger partial charge in [-0.15, -0.1) is 0 Å². The van der Waals surface area contributed by atoms with Crippen molar-refractivity contribution in [1.29, 1.82) is 0 Å². The zero-order valence-corrected chi connectivity index (χ0v) is 14.8. The molecule has 0 spiro atoms. The number of aliphatic hydroxyl groups is 1. The van der Waals surface area contributed by atoms with Crippen molar-refractivity contribution in [2.75, 3.05) is 12.4 Å². The average Bonchev–Trinajstić information content (AvgIpc) is 2.48. The molecule has 1 aromatic carbocycles. The van der Waals surface area contributed by atoms with Crippen molar-refractivity contribution >= 4 is 17.9 Å². The van der Waals surface area contributed by atoms with Gasteiger partial charge in [0.25, 0.3) is 0 Å². The molecule has 0 aromatic heterocycles. The lowest BCUT2D eigenvalue weighted by Gasteiger charge is -2.36. The topological polar surface area (TPSA) is 58.6 Å². The number of hydrogen-bond acceptors (Lipinski definition) is 4. The first-order chi connectivity index (χ1) is 11.2. The van der Waals surface area contributed by atoms with Crippen LogP contribution in [0.4, 0.5) is 13.6 Å². The maximum Gasteiger partial charge on any atom is 0.407 e. The monoisotopic (exact) mass is 359 g/mol. The molecule has 7 heteroatoms. The molecule has 0 radical (unpaired) electrons. The Morgan fingerprint density at radius 1 is 1.42 bits per heavy atom. The fourth-order valence-electron chi connectivity index (χ4n) is 2.67. The molecule has 1 aliphatic rings. The molecule has 2 unspecified atom stereocenters. The number of ether oxygens (including phenoxy) is 1. The smallest absolute Gasteiger partial charge is 0.407 e. The number of hydrogen-bond donors (Lipinski definition) is 2. The summed E-state index contributed by atoms with van der Waals surface area (Å²) in [5, 5.41) is 11.7. The Morgan fingerprint density at radius 3 is 2.75 bits per heavy atom. The summed E-state index contributed by atoms with van der Waals surface area (Å²) in [7, 11) is 0. The summed E-state index contributed by atoms with van der Waals surface area (Å²) in [5.74, 6) is -0.425. The van der Waals surface area contributed by atoms with Crippen LogP contribution in [0, 0.1) is 17.6 Å². The van der Waals surface area contributed by atoms with Crippen molar-refractivity contribution in [3.05, 3.63) is 35.4 Å². The van der Waals surface area contributed by atoms with Crippen molar-refractivity contribution in [3.63, 3.8) is 0 Å². The number of nitrogens with one attached hydrogen (secondary N) is 1. The molecular weight excluding hydrogens is 336 g/mol. The van der Waals surface area contributed by atoms with Gasteiger partial charge >= 0.3 is 6.09 Å². The summed E-state index contributed by atoms with van der Waals surface area (Å²) >= 11 is 1.40. The Balaban J connectivity index is 2.21. The second kappa shape index (κ2) is 7.70. The number of benzene rings is 1. The summed E-state index contributed by atoms with van der Waals surface area (Å²) in [5.41, 5.74) is -0.431. The van der Waals surface area contributed by atoms with Gasteiger partial charge in [0.2, 0.25) is 0 Å². The van der Waals surface area contributed by atoms with Gasteiger partial charge in [0.1, 0.15) is 17.2 Å². The van der Waals surface area contributed by atoms with E-state index in [4.69, 9.17) is 4.74 Å². The minimum Gasteiger partial charge on any atom is -0.444 e. The summed E-state index contributed by atoms with van der Waals surface area (Å²) in [6.07, 6.45) is -0.128. The standard InChI is InChI=1S/C17H23F2NO3S/c1-17(2,3)23-16(22)20-14-6-10(8-21)9-24-15(14)12-7-11(18)4-5-13(12)19/h4-5,7,10,14-15,21H,6,8-9H2,1-3H3,(H,20,22)/t10?,14-,15?/m0/s1. The molecule has 1 heterocycles. The van der Waals surface area contributed by atoms with Crippen LogP contribution in [0.25, 0.3) is 0 Å². The van der Waals surface area contributed by atoms with Crippen LogP contribution in [-0.2, 0) is 4.74 Å². The Morgan fingerprint density at radius 2 is 2.12 bits per heavy atom. The first-order valence-corrected chi connectivity index (χ1v) is 8.91. The van der Waals surface area contributed by atoms with Crippen LogP contribution < -0.4 is 5.32 Å². The molecular formula is C17H23F2NO3S. The van der Waals surface area contributed by atoms with E-state index in [1.54, 1.807) is 20.8 Å². The first kappa shape index (κ1) is 19.0. The van der Waals surface area contributed by atoms with E-state index in [1.807, 2.05) is 0 Å². The van der Waals surface area contributed by atoms with Crippen molar-refractivity contribution in [2.24, 2.45) is 5.92 Å². The van der Waals surface area contributed by atoms with E-state index in [0.717, 1.165) is 18.2 Å². The van der Waals surface area contributed by atoms with Crippen LogP contribution in [0.5, 0.6) is 0 Å². The van der Waals surface area contributed by atoms with Crippen LogP contribution in [0.1, 0.15) is 38.0 Å². The van der Waals surface area contributed by atoms with Gasteiger partial charge < -0.3 is 15.2 Å². The van der Waals surface area contributed by atoms with E-state index in [1.165, 1.54) is 11.8 Å². The fraction of sp³-hybridized carbons (Fsp3) is 0.588. The van der Waals surface area contributed by atoms with Gasteiger partial charge in [-0.1, -0.05) is 0 Å². The van der Waals surface area contributed by atoms with Crippen LogP contribution in [0.15, 0.2) is 18.2 Å². The highest BCUT2D eigenvalue weighted by atomic mass is 32.2. The third kappa shape index (κ3) is 5.08. The predicted octanol–water partition coefficient (Wildman–Crippen LogP) is 3.64. The molecule has 3 atom stereocenters. The second-order valence-corrected chi connectivity index (χ2v) is 8.13. The van der Waals surface area contributed by atoms with E-state index in [-0.39, 0.29) is 18.1 Å². The largest absolute Gasteiger partial charge is 0.444 e. The SMILES string of the molecule is CC(C)(C)OC(=O)N[C@H]1CC(CO)CSC1c1cc(F)ccc1F. The summed E-state index contributed by atoms with van der Waals surface area (Å²) in [6, 6.07) is 2.87. The number of alkyl carbamates (subject to hydrolysis) is 1. The van der Waals surface area contributed by atoms with E-state index in [2.05, 4.69) is 5.32 Å². The Hall–Kier alpha value is -1.34. The molecule has 0 bridgehead atoms. The molecule has 24 heavy (non-hydrogen) atoms. The van der Waals surface area contributed by atoms with Crippen molar-refractivity contribution in [3.8, 4) is 0 Å². The van der Waals surface area contributed by atoms with Crippen molar-refractivity contribution < 1.29 is 23.4 Å². The maximum atomic E-state index is 14.1. The zero-order valence-electron chi connectivity index (χ0n) is 14.0. The molecule has 1 aromatic rings. The van der Waals surface area contributed by atoms with Gasteiger partial charge in [-0.05, 0) is 57.1 Å². The van der Waals surface area contributed by atoms with E-state index >= 15 is 0 Å². The molecule has 0 saturated carbocycles. The molecule has 1 fully saturated rings. The van der Waals surface area contributed by atoms with Crippen LogP contribution in [-0.4, -0.2) is 35.2 Å². The third-order valence-electron chi connectivity index (χ3n) is 3.69. The van der Waals surface area contributed by atoms with Crippen LogP contribution in [0.3, 0.4) is 0 Å². The Kier molecular flexibility index (Phi) is 6.09. The van der Waals surface area contributed by atoms with Crippen LogP contribution >= 0.6 is 11.8 Å². The molecule has 1 saturated heterocycles. The molecule has 4 nitrogen and oxygen atoms in total. The summed E-state index contributed by atoms with van der Waals surface area (Å²) in [6.45, 7) is 5.24. The lowest BCUT2D eigenvalue weighted by molar-refractivity contribution is 0.0491. The maximum absolute atomic E-state index is 14.1. The van der Waals surface area contributed by atoms with Gasteiger partial charge in [0.05, 0.1) is 5.25 Å². The molecule has 0 aliphatic carbocycles. The number of halogens is 2. The van der Waals surface area contributed by atoms with Gasteiger partial charge in [0, 0.05) is 18.2 Å². The highest BCUT2D eigenvalue weighted by molar-refractivity contribution is 7.99. The first-order valence-electron chi connectivity index (χ1n) is 7.86. The average molecular weight is 359 g/mol. The Bertz CT molecular complexity index is 592. The Labute approximate surface area is 145 Å². The number of amides is 1. The van der Waals surface area contributed by atoms with Crippen LogP contribution in [0.2, 0.25) is 0 Å². The highest BCUT2D eigenvalue weighted by Crippen LogP contribution is 2.42. The number of rotatable bonds is 3. The number of thioether (sulfide) groups is 1. The molecule has 1 amide bonds. The lowest BCUT2D eigenvalue weighted by atomic mass is 9.95. The fourth-order valence-corrected chi connectivity index (χ4v) is 4.16. The van der Waals surface area contributed by atoms with Crippen molar-refractivity contribution in [1.82, 2.24) is 5.32 Å². The van der Waals surface area contributed by atoms with Gasteiger partial charge in [-0.3, -0.25) is 0 Å². The predicted molar refractivity (Wildman–Crippen MR) is 89.9 cm³/mol. The van der Waals surface area contributed by atoms with E-state index in [9.17, 15) is 18.7 Å². The minimum absolute atomic E-state index is 0.0113. The zero-order chi connectivity index (χ0) is 17.9. The number of carbonyl (C=O) groups excluding carboxylic acids is 1. The lowest BCUT2D eigenvalue weighted by Crippen LogP contribution is -2.45. The summed E-state index contributed by atoms with van der Waals surface area (Å²) < 4.78 is 32.9. The van der Waals surface area contributed by atoms with Gasteiger partial charge in [-0.2, -0.15) is 11.8 Å². The minimum atomic E-state index is -0.651. The second-order valence-electron chi connectivity index (χ2n) is 6.96. The third-order valence-corrected chi connectivity index (χ3v) is 5.29. The highest BCUT2D eigenvalue weighted by Gasteiger charge is 2.35. The van der Waals surface area contributed by atoms with Gasteiger partial charge in [-0.25, -0.2) is 13.6 Å².